The molecule has 0 spiro atoms. The number of hydrogen-bond acceptors (Lipinski definition) is 8. The van der Waals surface area contributed by atoms with Crippen LogP contribution in [-0.2, 0) is 21.9 Å². The van der Waals surface area contributed by atoms with Crippen molar-refractivity contribution in [2.45, 2.75) is 49.7 Å². The number of aliphatic hydroxyl groups is 1. The van der Waals surface area contributed by atoms with Gasteiger partial charge < -0.3 is 10.4 Å². The summed E-state index contributed by atoms with van der Waals surface area (Å²) in [6.07, 6.45) is -4.12. The van der Waals surface area contributed by atoms with Gasteiger partial charge in [0.25, 0.3) is 0 Å². The molecule has 1 aliphatic carbocycles. The van der Waals surface area contributed by atoms with Gasteiger partial charge in [-0.15, -0.1) is 11.3 Å². The second kappa shape index (κ2) is 8.36. The first-order chi connectivity index (χ1) is 15.3. The van der Waals surface area contributed by atoms with Crippen molar-refractivity contribution in [3.8, 4) is 10.6 Å². The lowest BCUT2D eigenvalue weighted by Gasteiger charge is -2.36. The monoisotopic (exact) mass is 513 g/mol. The van der Waals surface area contributed by atoms with Crippen LogP contribution in [0.1, 0.15) is 36.4 Å². The van der Waals surface area contributed by atoms with Crippen molar-refractivity contribution in [3.63, 3.8) is 0 Å². The van der Waals surface area contributed by atoms with Crippen molar-refractivity contribution < 1.29 is 35.5 Å². The van der Waals surface area contributed by atoms with Gasteiger partial charge in [0.05, 0.1) is 23.4 Å². The van der Waals surface area contributed by atoms with Crippen molar-refractivity contribution in [1.29, 1.82) is 0 Å². The van der Waals surface area contributed by atoms with E-state index in [0.717, 1.165) is 6.26 Å². The molecule has 1 aliphatic heterocycles. The third-order valence-corrected chi connectivity index (χ3v) is 8.16. The number of halogens is 5. The van der Waals surface area contributed by atoms with Crippen LogP contribution in [0.15, 0.2) is 6.20 Å². The highest BCUT2D eigenvalue weighted by Crippen LogP contribution is 2.50. The van der Waals surface area contributed by atoms with E-state index in [1.165, 1.54) is 4.31 Å². The molecular formula is C18H20F5N5O3S2. The number of thiazole rings is 1. The van der Waals surface area contributed by atoms with Crippen LogP contribution in [0.2, 0.25) is 0 Å². The van der Waals surface area contributed by atoms with Crippen LogP contribution in [0.25, 0.3) is 10.6 Å². The zero-order valence-electron chi connectivity index (χ0n) is 17.2. The second-order valence-electron chi connectivity index (χ2n) is 8.19. The van der Waals surface area contributed by atoms with E-state index in [1.54, 1.807) is 0 Å². The van der Waals surface area contributed by atoms with Gasteiger partial charge in [-0.05, 0) is 12.8 Å². The average molecular weight is 514 g/mol. The van der Waals surface area contributed by atoms with E-state index in [9.17, 15) is 35.5 Å². The van der Waals surface area contributed by atoms with E-state index >= 15 is 0 Å². The largest absolute Gasteiger partial charge is 0.434 e. The molecule has 33 heavy (non-hydrogen) atoms. The van der Waals surface area contributed by atoms with E-state index in [2.05, 4.69) is 20.3 Å². The van der Waals surface area contributed by atoms with Crippen molar-refractivity contribution in [2.75, 3.05) is 24.7 Å². The molecule has 2 aromatic heterocycles. The number of nitrogens with one attached hydrogen (secondary N) is 1. The predicted octanol–water partition coefficient (Wildman–Crippen LogP) is 2.91. The van der Waals surface area contributed by atoms with Crippen LogP contribution in [-0.4, -0.2) is 64.3 Å². The maximum Gasteiger partial charge on any atom is 0.434 e. The first-order valence-electron chi connectivity index (χ1n) is 9.96. The Labute approximate surface area is 189 Å². The van der Waals surface area contributed by atoms with Crippen LogP contribution in [0.4, 0.5) is 27.9 Å². The molecule has 3 heterocycles. The third-order valence-electron chi connectivity index (χ3n) is 5.61. The quantitative estimate of drug-likeness (QED) is 0.592. The molecule has 1 saturated carbocycles. The zero-order chi connectivity index (χ0) is 24.2. The summed E-state index contributed by atoms with van der Waals surface area (Å²) < 4.78 is 94.7. The maximum absolute atomic E-state index is 14.8. The molecule has 2 N–H and O–H groups in total. The number of sulfonamides is 1. The van der Waals surface area contributed by atoms with Gasteiger partial charge in [-0.2, -0.15) is 13.2 Å². The molecule has 0 aromatic carbocycles. The predicted molar refractivity (Wildman–Crippen MR) is 109 cm³/mol. The molecular weight excluding hydrogens is 493 g/mol. The summed E-state index contributed by atoms with van der Waals surface area (Å²) in [5.41, 5.74) is -4.33. The number of nitrogens with zero attached hydrogens (tertiary/aromatic N) is 4. The smallest absolute Gasteiger partial charge is 0.393 e. The molecule has 0 bridgehead atoms. The molecule has 15 heteroatoms. The van der Waals surface area contributed by atoms with E-state index in [-0.39, 0.29) is 37.9 Å². The number of rotatable bonds is 5. The minimum Gasteiger partial charge on any atom is -0.393 e. The highest BCUT2D eigenvalue weighted by molar-refractivity contribution is 7.88. The maximum atomic E-state index is 14.8. The lowest BCUT2D eigenvalue weighted by molar-refractivity contribution is -0.140. The number of alkyl halides is 4. The summed E-state index contributed by atoms with van der Waals surface area (Å²) >= 11 is 0.348. The van der Waals surface area contributed by atoms with Gasteiger partial charge in [0, 0.05) is 32.0 Å². The van der Waals surface area contributed by atoms with Crippen molar-refractivity contribution in [1.82, 2.24) is 19.3 Å². The van der Waals surface area contributed by atoms with E-state index < -0.39 is 55.1 Å². The lowest BCUT2D eigenvalue weighted by atomic mass is 9.80. The molecule has 0 radical (unpaired) electrons. The number of anilines is 1. The van der Waals surface area contributed by atoms with E-state index in [1.807, 2.05) is 0 Å². The molecule has 0 unspecified atom stereocenters. The van der Waals surface area contributed by atoms with Gasteiger partial charge in [-0.1, -0.05) is 0 Å². The molecule has 2 aromatic rings. The highest BCUT2D eigenvalue weighted by atomic mass is 32.2. The number of aromatic nitrogens is 3. The zero-order valence-corrected chi connectivity index (χ0v) is 18.9. The molecule has 0 amide bonds. The molecule has 2 aliphatic rings. The summed E-state index contributed by atoms with van der Waals surface area (Å²) in [5.74, 6) is -1.27. The Morgan fingerprint density at radius 3 is 2.42 bits per heavy atom. The van der Waals surface area contributed by atoms with Gasteiger partial charge in [-0.3, -0.25) is 0 Å². The third kappa shape index (κ3) is 4.95. The van der Waals surface area contributed by atoms with Crippen molar-refractivity contribution in [3.05, 3.63) is 22.7 Å². The first kappa shape index (κ1) is 24.2. The Balaban J connectivity index is 1.61. The first-order valence-corrected chi connectivity index (χ1v) is 12.6. The average Bonchev–Trinajstić information content (AvgIpc) is 3.14. The van der Waals surface area contributed by atoms with Gasteiger partial charge in [0.15, 0.2) is 17.2 Å². The fourth-order valence-electron chi connectivity index (χ4n) is 3.84. The van der Waals surface area contributed by atoms with Gasteiger partial charge in [0.2, 0.25) is 16.0 Å². The highest BCUT2D eigenvalue weighted by Gasteiger charge is 2.50. The van der Waals surface area contributed by atoms with Crippen LogP contribution >= 0.6 is 11.3 Å². The lowest BCUT2D eigenvalue weighted by Crippen LogP contribution is -2.42. The Morgan fingerprint density at radius 2 is 1.88 bits per heavy atom. The van der Waals surface area contributed by atoms with Crippen LogP contribution in [0, 0.1) is 5.82 Å². The Hall–Kier alpha value is -1.97. The summed E-state index contributed by atoms with van der Waals surface area (Å²) in [6.45, 7) is 0.483. The van der Waals surface area contributed by atoms with E-state index in [0.29, 0.717) is 30.4 Å². The van der Waals surface area contributed by atoms with Gasteiger partial charge in [0.1, 0.15) is 10.7 Å². The Kier molecular flexibility index (Phi) is 6.12. The molecule has 8 nitrogen and oxygen atoms in total. The topological polar surface area (TPSA) is 108 Å². The summed E-state index contributed by atoms with van der Waals surface area (Å²) in [7, 11) is -3.33. The van der Waals surface area contributed by atoms with Crippen molar-refractivity contribution >= 4 is 27.3 Å². The van der Waals surface area contributed by atoms with Crippen LogP contribution < -0.4 is 5.32 Å². The number of hydrogen-bond donors (Lipinski definition) is 2. The van der Waals surface area contributed by atoms with E-state index in [4.69, 9.17) is 0 Å². The fourth-order valence-corrected chi connectivity index (χ4v) is 5.89. The Bertz CT molecular complexity index is 1140. The second-order valence-corrected chi connectivity index (χ2v) is 11.2. The minimum absolute atomic E-state index is 0.138. The summed E-state index contributed by atoms with van der Waals surface area (Å²) in [6, 6.07) is -0.272. The molecule has 0 atom stereocenters. The fraction of sp³-hybridized carbons (Fsp3) is 0.611. The van der Waals surface area contributed by atoms with Crippen LogP contribution in [0.3, 0.4) is 0 Å². The standard InChI is InChI=1S/C18H20F5N5O3S2/c1-33(30,31)28-4-2-9(3-5-28)25-16-24-8-11(19)12(26-16)13-14(18(21,22)23)27-15(32-13)17(20)6-10(29)7-17/h8-10,29H,2-7H2,1H3,(H,24,25,26). The molecule has 182 valence electrons. The minimum atomic E-state index is -4.98. The molecule has 2 fully saturated rings. The van der Waals surface area contributed by atoms with Gasteiger partial charge in [-0.25, -0.2) is 36.5 Å². The Morgan fingerprint density at radius 1 is 1.24 bits per heavy atom. The van der Waals surface area contributed by atoms with Gasteiger partial charge >= 0.3 is 6.18 Å². The molecule has 4 rings (SSSR count). The number of piperidine rings is 1. The summed E-state index contributed by atoms with van der Waals surface area (Å²) in [4.78, 5) is 10.4. The van der Waals surface area contributed by atoms with Crippen LogP contribution in [0.5, 0.6) is 0 Å². The normalized spacial score (nSPS) is 25.1. The van der Waals surface area contributed by atoms with Crippen molar-refractivity contribution in [2.24, 2.45) is 0 Å². The number of aliphatic hydroxyl groups excluding tert-OH is 1. The summed E-state index contributed by atoms with van der Waals surface area (Å²) in [5, 5.41) is 11.8. The SMILES string of the molecule is CS(=O)(=O)N1CCC(Nc2ncc(F)c(-c3sc(C4(F)CC(O)C4)nc3C(F)(F)F)n2)CC1. The molecule has 1 saturated heterocycles.